The van der Waals surface area contributed by atoms with Crippen LogP contribution in [0.4, 0.5) is 5.82 Å². The molecule has 6 nitrogen and oxygen atoms in total. The van der Waals surface area contributed by atoms with E-state index in [0.29, 0.717) is 5.82 Å². The second kappa shape index (κ2) is 7.14. The van der Waals surface area contributed by atoms with Crippen LogP contribution in [0.15, 0.2) is 47.8 Å². The van der Waals surface area contributed by atoms with Crippen LogP contribution in [-0.4, -0.2) is 24.9 Å². The molecule has 0 aliphatic rings. The van der Waals surface area contributed by atoms with E-state index in [1.165, 1.54) is 12.3 Å². The highest BCUT2D eigenvalue weighted by molar-refractivity contribution is 7.89. The van der Waals surface area contributed by atoms with Gasteiger partial charge in [0.05, 0.1) is 0 Å². The number of hydrogen-bond acceptors (Lipinski definition) is 5. The molecule has 2 aromatic heterocycles. The van der Waals surface area contributed by atoms with Crippen LogP contribution >= 0.6 is 0 Å². The van der Waals surface area contributed by atoms with Crippen molar-refractivity contribution in [3.8, 4) is 0 Å². The number of nitrogens with zero attached hydrogens (tertiary/aromatic N) is 2. The summed E-state index contributed by atoms with van der Waals surface area (Å²) in [6, 6.07) is 6.77. The van der Waals surface area contributed by atoms with Gasteiger partial charge >= 0.3 is 0 Å². The summed E-state index contributed by atoms with van der Waals surface area (Å²) in [4.78, 5) is 8.18. The molecule has 0 aromatic carbocycles. The number of nitrogens with one attached hydrogen (secondary N) is 2. The Morgan fingerprint density at radius 1 is 1.19 bits per heavy atom. The Kier molecular flexibility index (Phi) is 5.24. The maximum Gasteiger partial charge on any atom is 0.242 e. The molecule has 0 radical (unpaired) electrons. The molecule has 0 spiro atoms. The molecular weight excluding hydrogens is 288 g/mol. The molecule has 0 unspecified atom stereocenters. The summed E-state index contributed by atoms with van der Waals surface area (Å²) in [6.07, 6.45) is 5.60. The van der Waals surface area contributed by atoms with Gasteiger partial charge in [-0.2, -0.15) is 0 Å². The summed E-state index contributed by atoms with van der Waals surface area (Å²) in [5.74, 6) is 0.669. The predicted molar refractivity (Wildman–Crippen MR) is 81.3 cm³/mol. The molecular formula is C14H18N4O2S. The molecule has 112 valence electrons. The van der Waals surface area contributed by atoms with Gasteiger partial charge in [0.2, 0.25) is 10.0 Å². The van der Waals surface area contributed by atoms with Crippen molar-refractivity contribution in [1.29, 1.82) is 0 Å². The van der Waals surface area contributed by atoms with Crippen LogP contribution in [0.3, 0.4) is 0 Å². The third kappa shape index (κ3) is 4.51. The molecule has 0 amide bonds. The fourth-order valence-electron chi connectivity index (χ4n) is 1.66. The number of sulfonamides is 1. The number of hydrogen-bond donors (Lipinski definition) is 2. The topological polar surface area (TPSA) is 84.0 Å². The molecule has 0 aliphatic heterocycles. The molecule has 21 heavy (non-hydrogen) atoms. The Morgan fingerprint density at radius 2 is 2.05 bits per heavy atom. The van der Waals surface area contributed by atoms with E-state index in [-0.39, 0.29) is 11.4 Å². The van der Waals surface area contributed by atoms with Crippen molar-refractivity contribution in [1.82, 2.24) is 14.7 Å². The largest absolute Gasteiger partial charge is 0.370 e. The highest BCUT2D eigenvalue weighted by Crippen LogP contribution is 2.11. The summed E-state index contributed by atoms with van der Waals surface area (Å²) in [5, 5.41) is 3.10. The lowest BCUT2D eigenvalue weighted by Crippen LogP contribution is -2.23. The van der Waals surface area contributed by atoms with Gasteiger partial charge in [-0.05, 0) is 30.2 Å². The molecule has 0 fully saturated rings. The van der Waals surface area contributed by atoms with Gasteiger partial charge in [0.25, 0.3) is 0 Å². The van der Waals surface area contributed by atoms with Gasteiger partial charge in [-0.15, -0.1) is 0 Å². The number of pyridine rings is 2. The predicted octanol–water partition coefficient (Wildman–Crippen LogP) is 1.78. The van der Waals surface area contributed by atoms with E-state index < -0.39 is 10.0 Å². The van der Waals surface area contributed by atoms with Crippen molar-refractivity contribution >= 4 is 15.8 Å². The minimum absolute atomic E-state index is 0.147. The second-order valence-corrected chi connectivity index (χ2v) is 6.26. The quantitative estimate of drug-likeness (QED) is 0.814. The first-order valence-corrected chi connectivity index (χ1v) is 8.18. The van der Waals surface area contributed by atoms with Crippen LogP contribution < -0.4 is 10.0 Å². The number of aromatic nitrogens is 2. The maximum atomic E-state index is 12.1. The lowest BCUT2D eigenvalue weighted by molar-refractivity contribution is 0.581. The fourth-order valence-corrected chi connectivity index (χ4v) is 2.62. The summed E-state index contributed by atoms with van der Waals surface area (Å²) in [7, 11) is -3.56. The molecule has 0 aliphatic carbocycles. The van der Waals surface area contributed by atoms with Crippen LogP contribution in [0.1, 0.15) is 18.9 Å². The Labute approximate surface area is 124 Å². The third-order valence-corrected chi connectivity index (χ3v) is 4.18. The zero-order valence-electron chi connectivity index (χ0n) is 11.8. The van der Waals surface area contributed by atoms with Gasteiger partial charge in [0, 0.05) is 31.7 Å². The zero-order valence-corrected chi connectivity index (χ0v) is 12.6. The fraction of sp³-hybridized carbons (Fsp3) is 0.286. The number of anilines is 1. The monoisotopic (exact) mass is 306 g/mol. The lowest BCUT2D eigenvalue weighted by Gasteiger charge is -2.08. The van der Waals surface area contributed by atoms with Crippen LogP contribution in [0.25, 0.3) is 0 Å². The van der Waals surface area contributed by atoms with Gasteiger partial charge in [-0.25, -0.2) is 18.1 Å². The molecule has 0 saturated heterocycles. The average molecular weight is 306 g/mol. The van der Waals surface area contributed by atoms with Crippen LogP contribution in [0, 0.1) is 0 Å². The van der Waals surface area contributed by atoms with E-state index in [0.717, 1.165) is 18.5 Å². The minimum atomic E-state index is -3.56. The van der Waals surface area contributed by atoms with Crippen LogP contribution in [0.5, 0.6) is 0 Å². The molecule has 2 heterocycles. The summed E-state index contributed by atoms with van der Waals surface area (Å²) in [6.45, 7) is 3.05. The first-order valence-electron chi connectivity index (χ1n) is 6.70. The highest BCUT2D eigenvalue weighted by Gasteiger charge is 2.14. The van der Waals surface area contributed by atoms with Gasteiger partial charge < -0.3 is 5.32 Å². The summed E-state index contributed by atoms with van der Waals surface area (Å²) < 4.78 is 26.8. The van der Waals surface area contributed by atoms with E-state index in [2.05, 4.69) is 20.0 Å². The Hall–Kier alpha value is -1.99. The molecule has 2 N–H and O–H groups in total. The first kappa shape index (κ1) is 15.4. The average Bonchev–Trinajstić information content (AvgIpc) is 2.52. The molecule has 0 saturated carbocycles. The van der Waals surface area contributed by atoms with Gasteiger partial charge in [0.1, 0.15) is 10.7 Å². The molecule has 0 atom stereocenters. The smallest absolute Gasteiger partial charge is 0.242 e. The summed E-state index contributed by atoms with van der Waals surface area (Å²) in [5.41, 5.74) is 0.801. The highest BCUT2D eigenvalue weighted by atomic mass is 32.2. The summed E-state index contributed by atoms with van der Waals surface area (Å²) >= 11 is 0. The van der Waals surface area contributed by atoms with Crippen LogP contribution in [-0.2, 0) is 16.6 Å². The van der Waals surface area contributed by atoms with E-state index in [1.807, 2.05) is 13.0 Å². The zero-order chi connectivity index (χ0) is 15.1. The van der Waals surface area contributed by atoms with Crippen molar-refractivity contribution in [3.05, 3.63) is 48.4 Å². The van der Waals surface area contributed by atoms with Crippen molar-refractivity contribution in [2.45, 2.75) is 24.8 Å². The van der Waals surface area contributed by atoms with Gasteiger partial charge in [-0.1, -0.05) is 13.0 Å². The second-order valence-electron chi connectivity index (χ2n) is 4.49. The Balaban J connectivity index is 2.02. The van der Waals surface area contributed by atoms with Crippen molar-refractivity contribution < 1.29 is 8.42 Å². The molecule has 2 rings (SSSR count). The Morgan fingerprint density at radius 3 is 2.67 bits per heavy atom. The standard InChI is InChI=1S/C14H18N4O2S/c1-2-7-16-14-6-5-13(11-17-14)21(19,20)18-10-12-4-3-8-15-9-12/h3-6,8-9,11,18H,2,7,10H2,1H3,(H,16,17). The van der Waals surface area contributed by atoms with E-state index >= 15 is 0 Å². The van der Waals surface area contributed by atoms with Crippen molar-refractivity contribution in [3.63, 3.8) is 0 Å². The SMILES string of the molecule is CCCNc1ccc(S(=O)(=O)NCc2cccnc2)cn1. The number of rotatable bonds is 7. The van der Waals surface area contributed by atoms with E-state index in [9.17, 15) is 8.42 Å². The first-order chi connectivity index (χ1) is 10.1. The minimum Gasteiger partial charge on any atom is -0.370 e. The molecule has 2 aromatic rings. The van der Waals surface area contributed by atoms with Crippen molar-refractivity contribution in [2.75, 3.05) is 11.9 Å². The maximum absolute atomic E-state index is 12.1. The Bertz CT molecular complexity index is 657. The van der Waals surface area contributed by atoms with Gasteiger partial charge in [-0.3, -0.25) is 4.98 Å². The molecule has 7 heteroatoms. The van der Waals surface area contributed by atoms with Crippen LogP contribution in [0.2, 0.25) is 0 Å². The van der Waals surface area contributed by atoms with Crippen molar-refractivity contribution in [2.24, 2.45) is 0 Å². The lowest BCUT2D eigenvalue weighted by atomic mass is 10.3. The normalized spacial score (nSPS) is 11.3. The third-order valence-electron chi connectivity index (χ3n) is 2.79. The molecule has 0 bridgehead atoms. The van der Waals surface area contributed by atoms with E-state index in [1.54, 1.807) is 24.5 Å². The van der Waals surface area contributed by atoms with E-state index in [4.69, 9.17) is 0 Å². The van der Waals surface area contributed by atoms with Gasteiger partial charge in [0.15, 0.2) is 0 Å².